The molecule has 2 aromatic heterocycles. The molecule has 1 aliphatic heterocycles. The molecule has 0 spiro atoms. The molecule has 0 unspecified atom stereocenters. The first-order valence-electron chi connectivity index (χ1n) is 7.14. The molecule has 0 N–H and O–H groups in total. The summed E-state index contributed by atoms with van der Waals surface area (Å²) < 4.78 is 4.42. The number of hydrogen-bond acceptors (Lipinski definition) is 3. The van der Waals surface area contributed by atoms with Gasteiger partial charge < -0.3 is 4.57 Å². The summed E-state index contributed by atoms with van der Waals surface area (Å²) in [4.78, 5) is 7.09. The second-order valence-corrected chi connectivity index (χ2v) is 5.57. The molecule has 1 aliphatic carbocycles. The largest absolute Gasteiger partial charge is 0.331 e. The smallest absolute Gasteiger partial charge is 0.0954 e. The van der Waals surface area contributed by atoms with Gasteiger partial charge >= 0.3 is 0 Å². The first-order valence-corrected chi connectivity index (χ1v) is 7.14. The van der Waals surface area contributed by atoms with Gasteiger partial charge in [-0.25, -0.2) is 4.98 Å². The summed E-state index contributed by atoms with van der Waals surface area (Å²) in [6, 6.07) is 2.73. The van der Waals surface area contributed by atoms with Gasteiger partial charge in [-0.2, -0.15) is 5.10 Å². The molecule has 19 heavy (non-hydrogen) atoms. The number of nitrogens with zero attached hydrogens (tertiary/aromatic N) is 5. The Kier molecular flexibility index (Phi) is 2.65. The van der Waals surface area contributed by atoms with E-state index in [0.29, 0.717) is 0 Å². The number of hydrogen-bond donors (Lipinski definition) is 0. The highest BCUT2D eigenvalue weighted by molar-refractivity contribution is 5.18. The first kappa shape index (κ1) is 11.2. The van der Waals surface area contributed by atoms with Crippen molar-refractivity contribution in [1.82, 2.24) is 24.2 Å². The number of imidazole rings is 1. The molecule has 0 atom stereocenters. The van der Waals surface area contributed by atoms with Crippen LogP contribution in [-0.4, -0.2) is 37.3 Å². The lowest BCUT2D eigenvalue weighted by Crippen LogP contribution is -2.33. The third kappa shape index (κ3) is 2.18. The fourth-order valence-electron chi connectivity index (χ4n) is 2.92. The Balaban J connectivity index is 1.41. The molecule has 2 aliphatic rings. The molecule has 0 saturated heterocycles. The average molecular weight is 257 g/mol. The van der Waals surface area contributed by atoms with Gasteiger partial charge in [-0.1, -0.05) is 0 Å². The van der Waals surface area contributed by atoms with Crippen molar-refractivity contribution < 1.29 is 0 Å². The first-order chi connectivity index (χ1) is 9.40. The molecule has 5 heteroatoms. The molecule has 0 radical (unpaired) electrons. The normalized spacial score (nSPS) is 19.6. The van der Waals surface area contributed by atoms with E-state index in [1.54, 1.807) is 0 Å². The summed E-state index contributed by atoms with van der Waals surface area (Å²) in [7, 11) is 0. The summed E-state index contributed by atoms with van der Waals surface area (Å²) in [5.74, 6) is 0. The molecule has 0 bridgehead atoms. The van der Waals surface area contributed by atoms with Crippen molar-refractivity contribution in [3.05, 3.63) is 36.2 Å². The molecule has 1 saturated carbocycles. The van der Waals surface area contributed by atoms with Crippen LogP contribution in [0.25, 0.3) is 0 Å². The van der Waals surface area contributed by atoms with Crippen LogP contribution in [0.1, 0.15) is 30.3 Å². The van der Waals surface area contributed by atoms with Crippen LogP contribution in [-0.2, 0) is 19.5 Å². The van der Waals surface area contributed by atoms with Gasteiger partial charge in [0, 0.05) is 50.2 Å². The zero-order valence-electron chi connectivity index (χ0n) is 11.1. The van der Waals surface area contributed by atoms with Gasteiger partial charge in [0.1, 0.15) is 0 Å². The number of rotatable bonds is 4. The zero-order chi connectivity index (χ0) is 12.7. The zero-order valence-corrected chi connectivity index (χ0v) is 11.1. The highest BCUT2D eigenvalue weighted by Gasteiger charge is 2.29. The van der Waals surface area contributed by atoms with Crippen LogP contribution in [0.5, 0.6) is 0 Å². The van der Waals surface area contributed by atoms with Crippen molar-refractivity contribution in [1.29, 1.82) is 0 Å². The lowest BCUT2D eigenvalue weighted by Gasteiger charge is -2.26. The summed E-state index contributed by atoms with van der Waals surface area (Å²) in [5, 5.41) is 4.25. The molecule has 0 aromatic carbocycles. The SMILES string of the molecule is c1cnn(CCN2CCc3c(ncn3C3CC3)C2)c1. The Hall–Kier alpha value is -1.62. The molecule has 2 aromatic rings. The van der Waals surface area contributed by atoms with Crippen molar-refractivity contribution in [2.45, 2.75) is 38.4 Å². The Morgan fingerprint density at radius 1 is 1.26 bits per heavy atom. The predicted octanol–water partition coefficient (Wildman–Crippen LogP) is 1.47. The van der Waals surface area contributed by atoms with Crippen LogP contribution < -0.4 is 0 Å². The maximum absolute atomic E-state index is 4.61. The Labute approximate surface area is 112 Å². The van der Waals surface area contributed by atoms with E-state index in [-0.39, 0.29) is 0 Å². The van der Waals surface area contributed by atoms with E-state index >= 15 is 0 Å². The fraction of sp³-hybridized carbons (Fsp3) is 0.571. The van der Waals surface area contributed by atoms with E-state index in [2.05, 4.69) is 25.9 Å². The van der Waals surface area contributed by atoms with Crippen molar-refractivity contribution in [3.63, 3.8) is 0 Å². The Morgan fingerprint density at radius 3 is 3.00 bits per heavy atom. The highest BCUT2D eigenvalue weighted by atomic mass is 15.3. The minimum Gasteiger partial charge on any atom is -0.331 e. The van der Waals surface area contributed by atoms with Crippen LogP contribution >= 0.6 is 0 Å². The van der Waals surface area contributed by atoms with E-state index in [9.17, 15) is 0 Å². The van der Waals surface area contributed by atoms with Crippen molar-refractivity contribution in [2.75, 3.05) is 13.1 Å². The van der Waals surface area contributed by atoms with Gasteiger partial charge in [-0.15, -0.1) is 0 Å². The molecular formula is C14H19N5. The van der Waals surface area contributed by atoms with E-state index in [1.807, 2.05) is 23.1 Å². The molecule has 5 nitrogen and oxygen atoms in total. The van der Waals surface area contributed by atoms with E-state index < -0.39 is 0 Å². The molecule has 100 valence electrons. The molecule has 1 fully saturated rings. The second-order valence-electron chi connectivity index (χ2n) is 5.57. The van der Waals surface area contributed by atoms with Crippen molar-refractivity contribution >= 4 is 0 Å². The molecule has 3 heterocycles. The third-order valence-corrected chi connectivity index (χ3v) is 4.17. The molecule has 4 rings (SSSR count). The number of aromatic nitrogens is 4. The van der Waals surface area contributed by atoms with Crippen LogP contribution in [0.4, 0.5) is 0 Å². The van der Waals surface area contributed by atoms with Crippen LogP contribution in [0, 0.1) is 0 Å². The molecular weight excluding hydrogens is 238 g/mol. The summed E-state index contributed by atoms with van der Waals surface area (Å²) in [6.45, 7) is 4.16. The second kappa shape index (κ2) is 4.49. The lowest BCUT2D eigenvalue weighted by atomic mass is 10.1. The topological polar surface area (TPSA) is 38.9 Å². The van der Waals surface area contributed by atoms with Gasteiger partial charge in [0.2, 0.25) is 0 Å². The van der Waals surface area contributed by atoms with Crippen LogP contribution in [0.3, 0.4) is 0 Å². The maximum Gasteiger partial charge on any atom is 0.0954 e. The van der Waals surface area contributed by atoms with E-state index in [1.165, 1.54) is 24.2 Å². The highest BCUT2D eigenvalue weighted by Crippen LogP contribution is 2.37. The predicted molar refractivity (Wildman–Crippen MR) is 71.7 cm³/mol. The molecule has 0 amide bonds. The van der Waals surface area contributed by atoms with Gasteiger partial charge in [0.15, 0.2) is 0 Å². The minimum absolute atomic E-state index is 0.756. The van der Waals surface area contributed by atoms with Gasteiger partial charge in [-0.05, 0) is 18.9 Å². The van der Waals surface area contributed by atoms with Gasteiger partial charge in [0.05, 0.1) is 18.6 Å². The van der Waals surface area contributed by atoms with Crippen LogP contribution in [0.15, 0.2) is 24.8 Å². The lowest BCUT2D eigenvalue weighted by molar-refractivity contribution is 0.235. The summed E-state index contributed by atoms with van der Waals surface area (Å²) in [6.07, 6.45) is 9.74. The Bertz CT molecular complexity index is 552. The Morgan fingerprint density at radius 2 is 2.21 bits per heavy atom. The average Bonchev–Trinajstić information content (AvgIpc) is 3.00. The third-order valence-electron chi connectivity index (χ3n) is 4.17. The minimum atomic E-state index is 0.756. The van der Waals surface area contributed by atoms with Gasteiger partial charge in [0.25, 0.3) is 0 Å². The van der Waals surface area contributed by atoms with Crippen molar-refractivity contribution in [3.8, 4) is 0 Å². The van der Waals surface area contributed by atoms with E-state index in [4.69, 9.17) is 0 Å². The quantitative estimate of drug-likeness (QED) is 0.832. The summed E-state index contributed by atoms with van der Waals surface area (Å²) >= 11 is 0. The van der Waals surface area contributed by atoms with Crippen LogP contribution in [0.2, 0.25) is 0 Å². The maximum atomic E-state index is 4.61. The van der Waals surface area contributed by atoms with E-state index in [0.717, 1.165) is 38.6 Å². The fourth-order valence-corrected chi connectivity index (χ4v) is 2.92. The van der Waals surface area contributed by atoms with Crippen molar-refractivity contribution in [2.24, 2.45) is 0 Å². The summed E-state index contributed by atoms with van der Waals surface area (Å²) in [5.41, 5.74) is 2.77. The number of fused-ring (bicyclic) bond motifs is 1. The standard InChI is InChI=1S/C14H19N5/c1-5-16-18(6-1)9-8-17-7-4-14-13(10-17)15-11-19(14)12-2-3-12/h1,5-6,11-12H,2-4,7-10H2. The van der Waals surface area contributed by atoms with Gasteiger partial charge in [-0.3, -0.25) is 9.58 Å². The monoisotopic (exact) mass is 257 g/mol.